The number of nitrogens with zero attached hydrogens (tertiary/aromatic N) is 4. The fraction of sp³-hybridized carbons (Fsp3) is 0.350. The van der Waals surface area contributed by atoms with Crippen molar-refractivity contribution in [2.75, 3.05) is 29.9 Å². The van der Waals surface area contributed by atoms with Crippen LogP contribution >= 0.6 is 0 Å². The van der Waals surface area contributed by atoms with Crippen LogP contribution in [0.1, 0.15) is 19.8 Å². The molecule has 1 saturated heterocycles. The molecule has 1 fully saturated rings. The highest BCUT2D eigenvalue weighted by Gasteiger charge is 2.30. The molecule has 1 aliphatic rings. The second-order valence-electron chi connectivity index (χ2n) is 7.80. The Labute approximate surface area is 162 Å². The molecule has 0 amide bonds. The molecular formula is C20H23N7O. The molecule has 0 saturated carbocycles. The molecule has 5 rings (SSSR count). The second-order valence-corrected chi connectivity index (χ2v) is 7.80. The van der Waals surface area contributed by atoms with Gasteiger partial charge in [-0.05, 0) is 43.0 Å². The molecule has 0 unspecified atom stereocenters. The summed E-state index contributed by atoms with van der Waals surface area (Å²) in [5.74, 6) is 1.38. The Balaban J connectivity index is 1.47. The van der Waals surface area contributed by atoms with Crippen molar-refractivity contribution in [3.8, 4) is 0 Å². The summed E-state index contributed by atoms with van der Waals surface area (Å²) in [5.41, 5.74) is 9.55. The van der Waals surface area contributed by atoms with E-state index in [1.807, 2.05) is 24.3 Å². The largest absolute Gasteiger partial charge is 0.459 e. The number of aromatic nitrogens is 4. The number of H-pyrrole nitrogens is 1. The lowest BCUT2D eigenvalue weighted by molar-refractivity contribution is 0.258. The summed E-state index contributed by atoms with van der Waals surface area (Å²) >= 11 is 0. The normalized spacial score (nSPS) is 16.7. The Bertz CT molecular complexity index is 1120. The van der Waals surface area contributed by atoms with Gasteiger partial charge in [-0.2, -0.15) is 10.1 Å². The van der Waals surface area contributed by atoms with Crippen LogP contribution in [-0.2, 0) is 0 Å². The van der Waals surface area contributed by atoms with Crippen LogP contribution in [0.5, 0.6) is 0 Å². The van der Waals surface area contributed by atoms with Gasteiger partial charge < -0.3 is 20.4 Å². The lowest BCUT2D eigenvalue weighted by Gasteiger charge is -2.39. The van der Waals surface area contributed by atoms with Crippen molar-refractivity contribution in [3.63, 3.8) is 0 Å². The molecule has 8 heteroatoms. The van der Waals surface area contributed by atoms with Crippen molar-refractivity contribution >= 4 is 39.5 Å². The molecule has 4 heterocycles. The Hall–Kier alpha value is -3.13. The van der Waals surface area contributed by atoms with Crippen molar-refractivity contribution in [2.24, 2.45) is 11.1 Å². The highest BCUT2D eigenvalue weighted by Crippen LogP contribution is 2.34. The van der Waals surface area contributed by atoms with Crippen LogP contribution in [-0.4, -0.2) is 39.8 Å². The van der Waals surface area contributed by atoms with Crippen molar-refractivity contribution in [1.29, 1.82) is 0 Å². The first-order valence-corrected chi connectivity index (χ1v) is 9.54. The predicted molar refractivity (Wildman–Crippen MR) is 110 cm³/mol. The first-order valence-electron chi connectivity index (χ1n) is 9.54. The summed E-state index contributed by atoms with van der Waals surface area (Å²) in [4.78, 5) is 11.7. The van der Waals surface area contributed by atoms with Gasteiger partial charge in [0.25, 0.3) is 0 Å². The van der Waals surface area contributed by atoms with Gasteiger partial charge in [0.05, 0.1) is 18.0 Å². The van der Waals surface area contributed by atoms with E-state index in [1.165, 1.54) is 0 Å². The maximum atomic E-state index is 5.96. The number of hydrogen-bond donors (Lipinski definition) is 3. The van der Waals surface area contributed by atoms with Gasteiger partial charge in [-0.3, -0.25) is 5.10 Å². The summed E-state index contributed by atoms with van der Waals surface area (Å²) in [6.07, 6.45) is 5.54. The number of rotatable bonds is 4. The molecule has 4 N–H and O–H groups in total. The smallest absolute Gasteiger partial charge is 0.229 e. The molecule has 1 aliphatic heterocycles. The van der Waals surface area contributed by atoms with Crippen LogP contribution in [0.3, 0.4) is 0 Å². The summed E-state index contributed by atoms with van der Waals surface area (Å²) in [5, 5.41) is 11.4. The molecule has 0 radical (unpaired) electrons. The molecule has 0 spiro atoms. The van der Waals surface area contributed by atoms with E-state index in [0.29, 0.717) is 12.5 Å². The van der Waals surface area contributed by atoms with Crippen molar-refractivity contribution < 1.29 is 4.42 Å². The van der Waals surface area contributed by atoms with Gasteiger partial charge in [-0.1, -0.05) is 6.92 Å². The Kier molecular flexibility index (Phi) is 3.94. The van der Waals surface area contributed by atoms with E-state index in [9.17, 15) is 0 Å². The topological polar surface area (TPSA) is 109 Å². The monoisotopic (exact) mass is 377 g/mol. The molecule has 0 aliphatic carbocycles. The van der Waals surface area contributed by atoms with Gasteiger partial charge in [-0.15, -0.1) is 0 Å². The molecule has 8 nitrogen and oxygen atoms in total. The van der Waals surface area contributed by atoms with E-state index in [4.69, 9.17) is 15.1 Å². The number of piperidine rings is 1. The van der Waals surface area contributed by atoms with Gasteiger partial charge in [0.2, 0.25) is 5.95 Å². The van der Waals surface area contributed by atoms with Gasteiger partial charge >= 0.3 is 0 Å². The molecule has 3 aromatic heterocycles. The summed E-state index contributed by atoms with van der Waals surface area (Å²) in [7, 11) is 0. The zero-order valence-corrected chi connectivity index (χ0v) is 15.8. The number of benzene rings is 1. The Morgan fingerprint density at radius 1 is 1.25 bits per heavy atom. The van der Waals surface area contributed by atoms with E-state index in [1.54, 1.807) is 12.5 Å². The molecule has 144 valence electrons. The van der Waals surface area contributed by atoms with Crippen LogP contribution in [0.2, 0.25) is 0 Å². The van der Waals surface area contributed by atoms with Crippen LogP contribution in [0, 0.1) is 5.41 Å². The predicted octanol–water partition coefficient (Wildman–Crippen LogP) is 3.41. The number of furan rings is 1. The summed E-state index contributed by atoms with van der Waals surface area (Å²) < 4.78 is 5.70. The second kappa shape index (κ2) is 6.49. The first-order chi connectivity index (χ1) is 13.6. The van der Waals surface area contributed by atoms with Gasteiger partial charge in [0.15, 0.2) is 11.4 Å². The molecule has 1 aromatic carbocycles. The van der Waals surface area contributed by atoms with Crippen molar-refractivity contribution in [3.05, 3.63) is 36.7 Å². The Morgan fingerprint density at radius 3 is 2.93 bits per heavy atom. The third-order valence-electron chi connectivity index (χ3n) is 5.75. The molecule has 0 atom stereocenters. The quantitative estimate of drug-likeness (QED) is 0.500. The van der Waals surface area contributed by atoms with Crippen LogP contribution in [0.25, 0.3) is 22.0 Å². The molecule has 4 aromatic rings. The van der Waals surface area contributed by atoms with Gasteiger partial charge in [0, 0.05) is 30.2 Å². The lowest BCUT2D eigenvalue weighted by atomic mass is 9.80. The minimum atomic E-state index is 0.201. The van der Waals surface area contributed by atoms with E-state index < -0.39 is 0 Å². The molecular weight excluding hydrogens is 354 g/mol. The summed E-state index contributed by atoms with van der Waals surface area (Å²) in [6.45, 7) is 4.77. The molecule has 28 heavy (non-hydrogen) atoms. The lowest BCUT2D eigenvalue weighted by Crippen LogP contribution is -2.42. The third-order valence-corrected chi connectivity index (χ3v) is 5.75. The zero-order chi connectivity index (χ0) is 19.1. The van der Waals surface area contributed by atoms with E-state index in [-0.39, 0.29) is 5.41 Å². The standard InChI is InChI=1S/C20H23N7O/c1-20(12-21)5-7-27(8-6-20)18-17-15(4-9-28-17)24-19(25-18)23-14-3-2-13-11-22-26-16(13)10-14/h2-4,9-11H,5-8,12,21H2,1H3,(H,22,26)(H,23,24,25). The van der Waals surface area contributed by atoms with Crippen LogP contribution in [0.4, 0.5) is 17.5 Å². The van der Waals surface area contributed by atoms with Crippen molar-refractivity contribution in [1.82, 2.24) is 20.2 Å². The average Bonchev–Trinajstić information content (AvgIpc) is 3.37. The van der Waals surface area contributed by atoms with E-state index >= 15 is 0 Å². The first kappa shape index (κ1) is 17.0. The number of aromatic amines is 1. The number of anilines is 3. The van der Waals surface area contributed by atoms with Crippen LogP contribution < -0.4 is 16.0 Å². The zero-order valence-electron chi connectivity index (χ0n) is 15.8. The summed E-state index contributed by atoms with van der Waals surface area (Å²) in [6, 6.07) is 7.88. The Morgan fingerprint density at radius 2 is 2.11 bits per heavy atom. The molecule has 0 bridgehead atoms. The fourth-order valence-corrected chi connectivity index (χ4v) is 3.72. The highest BCUT2D eigenvalue weighted by atomic mass is 16.3. The highest BCUT2D eigenvalue weighted by molar-refractivity contribution is 5.86. The number of fused-ring (bicyclic) bond motifs is 2. The SMILES string of the molecule is CC1(CN)CCN(c2nc(Nc3ccc4cn[nH]c4c3)nc3ccoc23)CC1. The van der Waals surface area contributed by atoms with Crippen molar-refractivity contribution in [2.45, 2.75) is 19.8 Å². The third kappa shape index (κ3) is 2.95. The van der Waals surface area contributed by atoms with Gasteiger partial charge in [-0.25, -0.2) is 4.98 Å². The van der Waals surface area contributed by atoms with E-state index in [2.05, 4.69) is 32.3 Å². The van der Waals surface area contributed by atoms with Gasteiger partial charge in [0.1, 0.15) is 5.52 Å². The number of hydrogen-bond acceptors (Lipinski definition) is 7. The number of nitrogens with one attached hydrogen (secondary N) is 2. The maximum Gasteiger partial charge on any atom is 0.229 e. The van der Waals surface area contributed by atoms with Crippen LogP contribution in [0.15, 0.2) is 41.1 Å². The minimum Gasteiger partial charge on any atom is -0.459 e. The minimum absolute atomic E-state index is 0.201. The fourth-order valence-electron chi connectivity index (χ4n) is 3.72. The van der Waals surface area contributed by atoms with E-state index in [0.717, 1.165) is 59.4 Å². The maximum absolute atomic E-state index is 5.96. The average molecular weight is 377 g/mol. The number of nitrogens with two attached hydrogens (primary N) is 1.